The first-order valence-corrected chi connectivity index (χ1v) is 8.61. The highest BCUT2D eigenvalue weighted by atomic mass is 32.2. The Morgan fingerprint density at radius 3 is 2.35 bits per heavy atom. The molecule has 0 aromatic carbocycles. The van der Waals surface area contributed by atoms with Crippen molar-refractivity contribution in [2.45, 2.75) is 24.5 Å². The van der Waals surface area contributed by atoms with Crippen molar-refractivity contribution in [1.29, 1.82) is 5.41 Å². The molecule has 1 aliphatic rings. The van der Waals surface area contributed by atoms with E-state index >= 15 is 0 Å². The van der Waals surface area contributed by atoms with Crippen molar-refractivity contribution < 1.29 is 16.8 Å². The van der Waals surface area contributed by atoms with Gasteiger partial charge in [0.25, 0.3) is 0 Å². The van der Waals surface area contributed by atoms with Crippen LogP contribution in [0.5, 0.6) is 0 Å². The second kappa shape index (κ2) is 5.32. The summed E-state index contributed by atoms with van der Waals surface area (Å²) in [6.45, 7) is 0.0842. The molecule has 0 radical (unpaired) electrons. The predicted molar refractivity (Wildman–Crippen MR) is 65.1 cm³/mol. The van der Waals surface area contributed by atoms with Crippen LogP contribution in [0.3, 0.4) is 0 Å². The minimum absolute atomic E-state index is 0.0781. The van der Waals surface area contributed by atoms with Crippen LogP contribution in [0.25, 0.3) is 0 Å². The van der Waals surface area contributed by atoms with E-state index in [0.29, 0.717) is 0 Å². The molecule has 0 aliphatic carbocycles. The summed E-state index contributed by atoms with van der Waals surface area (Å²) in [5.74, 6) is -0.241. The van der Waals surface area contributed by atoms with Crippen LogP contribution >= 0.6 is 0 Å². The number of amidine groups is 1. The van der Waals surface area contributed by atoms with Crippen molar-refractivity contribution in [2.24, 2.45) is 5.73 Å². The molecule has 100 valence electrons. The van der Waals surface area contributed by atoms with E-state index in [1.54, 1.807) is 0 Å². The van der Waals surface area contributed by atoms with Gasteiger partial charge < -0.3 is 5.73 Å². The van der Waals surface area contributed by atoms with Crippen molar-refractivity contribution in [2.75, 3.05) is 18.1 Å². The summed E-state index contributed by atoms with van der Waals surface area (Å²) in [6, 6.07) is 0. The summed E-state index contributed by atoms with van der Waals surface area (Å²) in [7, 11) is -6.55. The fraction of sp³-hybridized carbons (Fsp3) is 0.875. The number of nitrogens with two attached hydrogens (primary N) is 1. The van der Waals surface area contributed by atoms with E-state index in [0.717, 1.165) is 0 Å². The summed E-state index contributed by atoms with van der Waals surface area (Å²) in [5, 5.41) is 6.31. The third-order valence-electron chi connectivity index (χ3n) is 2.64. The molecule has 0 aromatic heterocycles. The van der Waals surface area contributed by atoms with Crippen LogP contribution in [-0.4, -0.2) is 46.0 Å². The lowest BCUT2D eigenvalue weighted by atomic mass is 10.2. The minimum atomic E-state index is -3.50. The molecule has 0 spiro atoms. The summed E-state index contributed by atoms with van der Waals surface area (Å²) >= 11 is 0. The maximum Gasteiger partial charge on any atom is 0.214 e. The van der Waals surface area contributed by atoms with Crippen molar-refractivity contribution >= 4 is 25.7 Å². The molecule has 4 N–H and O–H groups in total. The van der Waals surface area contributed by atoms with E-state index in [2.05, 4.69) is 4.72 Å². The molecule has 17 heavy (non-hydrogen) atoms. The monoisotopic (exact) mass is 283 g/mol. The normalized spacial score (nSPS) is 21.2. The number of nitrogens with one attached hydrogen (secondary N) is 2. The Balaban J connectivity index is 2.52. The maximum atomic E-state index is 11.8. The molecule has 1 saturated heterocycles. The van der Waals surface area contributed by atoms with Crippen LogP contribution in [0, 0.1) is 5.41 Å². The molecule has 0 amide bonds. The second-order valence-electron chi connectivity index (χ2n) is 4.07. The number of sulfonamides is 1. The first-order valence-electron chi connectivity index (χ1n) is 5.25. The molecule has 0 bridgehead atoms. The number of rotatable bonds is 5. The van der Waals surface area contributed by atoms with Crippen LogP contribution < -0.4 is 10.5 Å². The predicted octanol–water partition coefficient (Wildman–Crippen LogP) is -1.19. The Labute approximate surface area is 101 Å². The van der Waals surface area contributed by atoms with E-state index < -0.39 is 25.1 Å². The van der Waals surface area contributed by atoms with Crippen molar-refractivity contribution in [3.05, 3.63) is 0 Å². The summed E-state index contributed by atoms with van der Waals surface area (Å²) in [4.78, 5) is 0. The number of hydrogen-bond donors (Lipinski definition) is 3. The Morgan fingerprint density at radius 1 is 1.35 bits per heavy atom. The van der Waals surface area contributed by atoms with Gasteiger partial charge in [-0.05, 0) is 12.8 Å². The van der Waals surface area contributed by atoms with E-state index in [-0.39, 0.29) is 43.1 Å². The fourth-order valence-corrected chi connectivity index (χ4v) is 4.89. The lowest BCUT2D eigenvalue weighted by molar-refractivity contribution is 0.543. The first kappa shape index (κ1) is 14.4. The van der Waals surface area contributed by atoms with Gasteiger partial charge in [0.15, 0.2) is 0 Å². The van der Waals surface area contributed by atoms with Crippen LogP contribution in [0.2, 0.25) is 0 Å². The highest BCUT2D eigenvalue weighted by Crippen LogP contribution is 2.18. The largest absolute Gasteiger partial charge is 0.388 e. The Hall–Kier alpha value is -0.670. The second-order valence-corrected chi connectivity index (χ2v) is 8.41. The average Bonchev–Trinajstić information content (AvgIpc) is 2.15. The van der Waals surface area contributed by atoms with Gasteiger partial charge in [-0.3, -0.25) is 5.41 Å². The molecule has 0 saturated carbocycles. The number of hydrogen-bond acceptors (Lipinski definition) is 5. The van der Waals surface area contributed by atoms with Crippen molar-refractivity contribution in [3.63, 3.8) is 0 Å². The SMILES string of the molecule is N=C(N)CCNS(=O)(=O)C1CCS(=O)(=O)CC1. The molecule has 0 atom stereocenters. The summed E-state index contributed by atoms with van der Waals surface area (Å²) in [5.41, 5.74) is 5.10. The van der Waals surface area contributed by atoms with E-state index in [1.165, 1.54) is 0 Å². The molecule has 1 fully saturated rings. The smallest absolute Gasteiger partial charge is 0.214 e. The van der Waals surface area contributed by atoms with Gasteiger partial charge >= 0.3 is 0 Å². The van der Waals surface area contributed by atoms with Gasteiger partial charge in [-0.25, -0.2) is 21.6 Å². The van der Waals surface area contributed by atoms with E-state index in [9.17, 15) is 16.8 Å². The van der Waals surface area contributed by atoms with Gasteiger partial charge in [0, 0.05) is 13.0 Å². The Morgan fingerprint density at radius 2 is 1.88 bits per heavy atom. The van der Waals surface area contributed by atoms with Gasteiger partial charge in [0.05, 0.1) is 22.6 Å². The zero-order chi connectivity index (χ0) is 13.1. The van der Waals surface area contributed by atoms with Gasteiger partial charge in [-0.2, -0.15) is 0 Å². The zero-order valence-electron chi connectivity index (χ0n) is 9.35. The molecule has 0 aromatic rings. The van der Waals surface area contributed by atoms with Crippen LogP contribution in [0.4, 0.5) is 0 Å². The van der Waals surface area contributed by atoms with Crippen molar-refractivity contribution in [3.8, 4) is 0 Å². The maximum absolute atomic E-state index is 11.8. The summed E-state index contributed by atoms with van der Waals surface area (Å²) < 4.78 is 48.2. The molecule has 1 rings (SSSR count). The molecular formula is C8H17N3O4S2. The van der Waals surface area contributed by atoms with Gasteiger partial charge in [0.1, 0.15) is 9.84 Å². The lowest BCUT2D eigenvalue weighted by Crippen LogP contribution is -2.40. The topological polar surface area (TPSA) is 130 Å². The first-order chi connectivity index (χ1) is 7.73. The fourth-order valence-electron chi connectivity index (χ4n) is 1.62. The molecule has 1 aliphatic heterocycles. The Kier molecular flexibility index (Phi) is 4.50. The lowest BCUT2D eigenvalue weighted by Gasteiger charge is -2.22. The highest BCUT2D eigenvalue weighted by molar-refractivity contribution is 7.92. The van der Waals surface area contributed by atoms with Crippen molar-refractivity contribution in [1.82, 2.24) is 4.72 Å². The molecule has 7 nitrogen and oxygen atoms in total. The highest BCUT2D eigenvalue weighted by Gasteiger charge is 2.32. The zero-order valence-corrected chi connectivity index (χ0v) is 11.0. The van der Waals surface area contributed by atoms with Gasteiger partial charge in [0.2, 0.25) is 10.0 Å². The van der Waals surface area contributed by atoms with Crippen LogP contribution in [-0.2, 0) is 19.9 Å². The third kappa shape index (κ3) is 4.60. The molecule has 0 unspecified atom stereocenters. The van der Waals surface area contributed by atoms with Gasteiger partial charge in [-0.1, -0.05) is 0 Å². The average molecular weight is 283 g/mol. The minimum Gasteiger partial charge on any atom is -0.388 e. The standard InChI is InChI=1S/C8H17N3O4S2/c9-8(10)1-4-11-17(14,15)7-2-5-16(12,13)6-3-7/h7,11H,1-6H2,(H3,9,10). The van der Waals surface area contributed by atoms with Gasteiger partial charge in [-0.15, -0.1) is 0 Å². The molecule has 9 heteroatoms. The van der Waals surface area contributed by atoms with Crippen LogP contribution in [0.15, 0.2) is 0 Å². The van der Waals surface area contributed by atoms with Crippen LogP contribution in [0.1, 0.15) is 19.3 Å². The molecular weight excluding hydrogens is 266 g/mol. The quantitative estimate of drug-likeness (QED) is 0.431. The van der Waals surface area contributed by atoms with E-state index in [4.69, 9.17) is 11.1 Å². The third-order valence-corrected chi connectivity index (χ3v) is 6.31. The van der Waals surface area contributed by atoms with E-state index in [1.807, 2.05) is 0 Å². The Bertz CT molecular complexity index is 469. The number of sulfone groups is 1. The summed E-state index contributed by atoms with van der Waals surface area (Å²) in [6.07, 6.45) is 0.430. The molecule has 1 heterocycles.